The van der Waals surface area contributed by atoms with E-state index in [1.165, 1.54) is 6.26 Å². The Balaban J connectivity index is 2.70. The highest BCUT2D eigenvalue weighted by molar-refractivity contribution is 5.95. The van der Waals surface area contributed by atoms with Gasteiger partial charge in [-0.2, -0.15) is 0 Å². The van der Waals surface area contributed by atoms with Gasteiger partial charge in [-0.1, -0.05) is 0 Å². The second kappa shape index (κ2) is 6.23. The van der Waals surface area contributed by atoms with Gasteiger partial charge in [0.2, 0.25) is 0 Å². The molecule has 0 saturated carbocycles. The standard InChI is InChI=1S/C13H19NO4/c1-9(2)14(7-4-5-12(15)16)13(17)11-6-8-18-10(11)3/h6,8-9H,4-5,7H2,1-3H3,(H,15,16). The van der Waals surface area contributed by atoms with E-state index in [0.717, 1.165) is 0 Å². The van der Waals surface area contributed by atoms with Gasteiger partial charge in [0.1, 0.15) is 5.76 Å². The minimum absolute atomic E-state index is 0.0283. The first kappa shape index (κ1) is 14.3. The Labute approximate surface area is 106 Å². The number of furan rings is 1. The number of hydrogen-bond donors (Lipinski definition) is 1. The third-order valence-corrected chi connectivity index (χ3v) is 2.76. The van der Waals surface area contributed by atoms with Crippen LogP contribution in [-0.4, -0.2) is 34.5 Å². The lowest BCUT2D eigenvalue weighted by Gasteiger charge is -2.26. The lowest BCUT2D eigenvalue weighted by molar-refractivity contribution is -0.137. The fourth-order valence-electron chi connectivity index (χ4n) is 1.76. The van der Waals surface area contributed by atoms with Crippen LogP contribution in [0.1, 0.15) is 42.8 Å². The molecule has 0 unspecified atom stereocenters. The van der Waals surface area contributed by atoms with Gasteiger partial charge in [0.25, 0.3) is 5.91 Å². The van der Waals surface area contributed by atoms with Crippen LogP contribution in [0.2, 0.25) is 0 Å². The molecule has 0 aromatic carbocycles. The Hall–Kier alpha value is -1.78. The van der Waals surface area contributed by atoms with Crippen LogP contribution in [-0.2, 0) is 4.79 Å². The summed E-state index contributed by atoms with van der Waals surface area (Å²) in [5.74, 6) is -0.365. The zero-order valence-electron chi connectivity index (χ0n) is 11.0. The quantitative estimate of drug-likeness (QED) is 0.844. The topological polar surface area (TPSA) is 70.8 Å². The molecule has 0 atom stereocenters. The molecule has 0 bridgehead atoms. The van der Waals surface area contributed by atoms with Gasteiger partial charge < -0.3 is 14.4 Å². The molecule has 1 amide bonds. The summed E-state index contributed by atoms with van der Waals surface area (Å²) in [7, 11) is 0. The van der Waals surface area contributed by atoms with Crippen molar-refractivity contribution in [3.8, 4) is 0 Å². The molecule has 0 spiro atoms. The molecule has 1 aromatic rings. The van der Waals surface area contributed by atoms with Crippen molar-refractivity contribution >= 4 is 11.9 Å². The van der Waals surface area contributed by atoms with E-state index in [0.29, 0.717) is 24.3 Å². The second-order valence-corrected chi connectivity index (χ2v) is 4.48. The number of amides is 1. The molecule has 0 saturated heterocycles. The molecular weight excluding hydrogens is 234 g/mol. The highest BCUT2D eigenvalue weighted by Gasteiger charge is 2.21. The fourth-order valence-corrected chi connectivity index (χ4v) is 1.76. The number of aliphatic carboxylic acids is 1. The third kappa shape index (κ3) is 3.61. The van der Waals surface area contributed by atoms with E-state index in [1.54, 1.807) is 17.9 Å². The van der Waals surface area contributed by atoms with Gasteiger partial charge >= 0.3 is 5.97 Å². The minimum atomic E-state index is -0.842. The van der Waals surface area contributed by atoms with Gasteiger partial charge in [0.05, 0.1) is 11.8 Å². The summed E-state index contributed by atoms with van der Waals surface area (Å²) in [6, 6.07) is 1.67. The molecule has 0 aliphatic carbocycles. The Bertz CT molecular complexity index is 422. The van der Waals surface area contributed by atoms with E-state index in [2.05, 4.69) is 0 Å². The number of nitrogens with zero attached hydrogens (tertiary/aromatic N) is 1. The lowest BCUT2D eigenvalue weighted by atomic mass is 10.1. The molecule has 18 heavy (non-hydrogen) atoms. The smallest absolute Gasteiger partial charge is 0.303 e. The van der Waals surface area contributed by atoms with Gasteiger partial charge in [-0.3, -0.25) is 9.59 Å². The molecule has 1 aromatic heterocycles. The third-order valence-electron chi connectivity index (χ3n) is 2.76. The van der Waals surface area contributed by atoms with Gasteiger partial charge in [0.15, 0.2) is 0 Å². The van der Waals surface area contributed by atoms with Crippen molar-refractivity contribution in [1.82, 2.24) is 4.90 Å². The summed E-state index contributed by atoms with van der Waals surface area (Å²) < 4.78 is 5.12. The summed E-state index contributed by atoms with van der Waals surface area (Å²) in [6.07, 6.45) is 2.01. The molecule has 5 heteroatoms. The predicted molar refractivity (Wildman–Crippen MR) is 66.5 cm³/mol. The Morgan fingerprint density at radius 2 is 2.11 bits per heavy atom. The molecule has 0 aliphatic rings. The molecule has 1 rings (SSSR count). The number of carbonyl (C=O) groups is 2. The molecule has 5 nitrogen and oxygen atoms in total. The monoisotopic (exact) mass is 253 g/mol. The van der Waals surface area contributed by atoms with Crippen LogP contribution in [0.25, 0.3) is 0 Å². The highest BCUT2D eigenvalue weighted by atomic mass is 16.4. The lowest BCUT2D eigenvalue weighted by Crippen LogP contribution is -2.38. The van der Waals surface area contributed by atoms with Crippen molar-refractivity contribution in [2.75, 3.05) is 6.54 Å². The number of rotatable bonds is 6. The van der Waals surface area contributed by atoms with E-state index in [1.807, 2.05) is 13.8 Å². The molecule has 1 heterocycles. The Morgan fingerprint density at radius 1 is 1.44 bits per heavy atom. The van der Waals surface area contributed by atoms with Crippen molar-refractivity contribution in [3.05, 3.63) is 23.7 Å². The molecule has 0 radical (unpaired) electrons. The Morgan fingerprint density at radius 3 is 2.56 bits per heavy atom. The van der Waals surface area contributed by atoms with E-state index in [-0.39, 0.29) is 18.4 Å². The van der Waals surface area contributed by atoms with Crippen molar-refractivity contribution in [2.24, 2.45) is 0 Å². The summed E-state index contributed by atoms with van der Waals surface area (Å²) in [5, 5.41) is 8.61. The van der Waals surface area contributed by atoms with Crippen LogP contribution in [0.3, 0.4) is 0 Å². The molecular formula is C13H19NO4. The van der Waals surface area contributed by atoms with Crippen LogP contribution in [0.15, 0.2) is 16.7 Å². The highest BCUT2D eigenvalue weighted by Crippen LogP contribution is 2.14. The van der Waals surface area contributed by atoms with Crippen molar-refractivity contribution in [2.45, 2.75) is 39.7 Å². The van der Waals surface area contributed by atoms with Crippen molar-refractivity contribution in [1.29, 1.82) is 0 Å². The SMILES string of the molecule is Cc1occc1C(=O)N(CCCC(=O)O)C(C)C. The van der Waals surface area contributed by atoms with Crippen LogP contribution >= 0.6 is 0 Å². The number of carboxylic acids is 1. The van der Waals surface area contributed by atoms with Gasteiger partial charge in [-0.25, -0.2) is 0 Å². The molecule has 0 fully saturated rings. The van der Waals surface area contributed by atoms with Crippen molar-refractivity contribution in [3.63, 3.8) is 0 Å². The largest absolute Gasteiger partial charge is 0.481 e. The predicted octanol–water partition coefficient (Wildman–Crippen LogP) is 2.30. The first-order valence-corrected chi connectivity index (χ1v) is 6.00. The maximum absolute atomic E-state index is 12.3. The summed E-state index contributed by atoms with van der Waals surface area (Å²) in [6.45, 7) is 6.00. The summed E-state index contributed by atoms with van der Waals surface area (Å²) >= 11 is 0. The number of carbonyl (C=O) groups excluding carboxylic acids is 1. The first-order chi connectivity index (χ1) is 8.43. The zero-order valence-corrected chi connectivity index (χ0v) is 11.0. The second-order valence-electron chi connectivity index (χ2n) is 4.48. The molecule has 0 aliphatic heterocycles. The van der Waals surface area contributed by atoms with Gasteiger partial charge in [0, 0.05) is 19.0 Å². The van der Waals surface area contributed by atoms with Crippen LogP contribution < -0.4 is 0 Å². The van der Waals surface area contributed by atoms with Crippen LogP contribution in [0, 0.1) is 6.92 Å². The minimum Gasteiger partial charge on any atom is -0.481 e. The van der Waals surface area contributed by atoms with Gasteiger partial charge in [-0.05, 0) is 33.3 Å². The van der Waals surface area contributed by atoms with E-state index in [9.17, 15) is 9.59 Å². The van der Waals surface area contributed by atoms with Gasteiger partial charge in [-0.15, -0.1) is 0 Å². The van der Waals surface area contributed by atoms with E-state index in [4.69, 9.17) is 9.52 Å². The zero-order chi connectivity index (χ0) is 13.7. The molecule has 1 N–H and O–H groups in total. The van der Waals surface area contributed by atoms with Crippen molar-refractivity contribution < 1.29 is 19.1 Å². The fraction of sp³-hybridized carbons (Fsp3) is 0.538. The molecule has 100 valence electrons. The first-order valence-electron chi connectivity index (χ1n) is 6.00. The van der Waals surface area contributed by atoms with E-state index >= 15 is 0 Å². The number of hydrogen-bond acceptors (Lipinski definition) is 3. The van der Waals surface area contributed by atoms with Crippen LogP contribution in [0.4, 0.5) is 0 Å². The summed E-state index contributed by atoms with van der Waals surface area (Å²) in [5.41, 5.74) is 0.541. The normalized spacial score (nSPS) is 10.7. The average Bonchev–Trinajstić information content (AvgIpc) is 2.69. The average molecular weight is 253 g/mol. The van der Waals surface area contributed by atoms with Crippen LogP contribution in [0.5, 0.6) is 0 Å². The number of carboxylic acid groups (broad SMARTS) is 1. The Kier molecular flexibility index (Phi) is 4.95. The maximum Gasteiger partial charge on any atom is 0.303 e. The van der Waals surface area contributed by atoms with E-state index < -0.39 is 5.97 Å². The summed E-state index contributed by atoms with van der Waals surface area (Å²) in [4.78, 5) is 24.4. The number of aryl methyl sites for hydroxylation is 1. The maximum atomic E-state index is 12.3.